The Morgan fingerprint density at radius 2 is 2.00 bits per heavy atom. The maximum Gasteiger partial charge on any atom is 0.0553 e. The second kappa shape index (κ2) is 6.04. The van der Waals surface area contributed by atoms with E-state index in [0.29, 0.717) is 0 Å². The van der Waals surface area contributed by atoms with E-state index in [-0.39, 0.29) is 0 Å². The molecule has 3 heteroatoms. The van der Waals surface area contributed by atoms with Gasteiger partial charge >= 0.3 is 0 Å². The summed E-state index contributed by atoms with van der Waals surface area (Å²) < 4.78 is 1.05. The summed E-state index contributed by atoms with van der Waals surface area (Å²) in [4.78, 5) is 1.21. The molecule has 14 heavy (non-hydrogen) atoms. The molecule has 0 radical (unpaired) electrons. The van der Waals surface area contributed by atoms with Gasteiger partial charge in [0.2, 0.25) is 0 Å². The van der Waals surface area contributed by atoms with Gasteiger partial charge in [0, 0.05) is 14.6 Å². The number of halogens is 2. The van der Waals surface area contributed by atoms with Crippen LogP contribution in [0.5, 0.6) is 0 Å². The second-order valence-electron chi connectivity index (χ2n) is 2.89. The zero-order valence-electron chi connectivity index (χ0n) is 8.39. The number of hydrogen-bond donors (Lipinski definition) is 0. The monoisotopic (exact) mass is 292 g/mol. The van der Waals surface area contributed by atoms with Crippen LogP contribution in [0.4, 0.5) is 0 Å². The molecule has 0 aliphatic heterocycles. The summed E-state index contributed by atoms with van der Waals surface area (Å²) in [6.07, 6.45) is 2.69. The third kappa shape index (κ3) is 3.84. The lowest BCUT2D eigenvalue weighted by molar-refractivity contribution is 1.40. The molecular formula is C11H14BrClS. The standard InChI is InChI=1S/C9H8BrClS.C2H6/c10-6-1-4-9(8(11)5-6)12-7-2-3-7;1-2/h1,4-5,7H,2-3H2;1-2H3. The van der Waals surface area contributed by atoms with Crippen LogP contribution in [0.3, 0.4) is 0 Å². The third-order valence-electron chi connectivity index (χ3n) is 1.71. The fourth-order valence-corrected chi connectivity index (χ4v) is 2.79. The quantitative estimate of drug-likeness (QED) is 0.705. The van der Waals surface area contributed by atoms with Crippen LogP contribution < -0.4 is 0 Å². The molecule has 0 nitrogen and oxygen atoms in total. The molecule has 0 bridgehead atoms. The Morgan fingerprint density at radius 1 is 1.36 bits per heavy atom. The van der Waals surface area contributed by atoms with E-state index in [1.165, 1.54) is 17.7 Å². The molecule has 0 unspecified atom stereocenters. The first-order chi connectivity index (χ1) is 6.75. The highest BCUT2D eigenvalue weighted by molar-refractivity contribution is 9.10. The van der Waals surface area contributed by atoms with Crippen LogP contribution in [0.1, 0.15) is 26.7 Å². The zero-order chi connectivity index (χ0) is 10.6. The lowest BCUT2D eigenvalue weighted by atomic mass is 10.4. The molecule has 0 heterocycles. The highest BCUT2D eigenvalue weighted by Gasteiger charge is 2.23. The van der Waals surface area contributed by atoms with Crippen LogP contribution in [0.25, 0.3) is 0 Å². The van der Waals surface area contributed by atoms with Gasteiger partial charge in [0.05, 0.1) is 5.02 Å². The van der Waals surface area contributed by atoms with Crippen LogP contribution in [-0.4, -0.2) is 5.25 Å². The van der Waals surface area contributed by atoms with Crippen molar-refractivity contribution < 1.29 is 0 Å². The fraction of sp³-hybridized carbons (Fsp3) is 0.455. The first-order valence-electron chi connectivity index (χ1n) is 4.87. The molecule has 78 valence electrons. The fourth-order valence-electron chi connectivity index (χ4n) is 0.936. The average Bonchev–Trinajstić information content (AvgIpc) is 2.97. The Kier molecular flexibility index (Phi) is 5.35. The Morgan fingerprint density at radius 3 is 2.50 bits per heavy atom. The summed E-state index contributed by atoms with van der Waals surface area (Å²) in [5.74, 6) is 0. The highest BCUT2D eigenvalue weighted by Crippen LogP contribution is 2.42. The maximum atomic E-state index is 6.05. The molecule has 1 aromatic carbocycles. The minimum atomic E-state index is 0.823. The number of hydrogen-bond acceptors (Lipinski definition) is 1. The first-order valence-corrected chi connectivity index (χ1v) is 6.92. The summed E-state index contributed by atoms with van der Waals surface area (Å²) in [5, 5.41) is 1.69. The Labute approximate surface area is 104 Å². The van der Waals surface area contributed by atoms with E-state index in [1.54, 1.807) is 0 Å². The Bertz CT molecular complexity index is 297. The predicted octanol–water partition coefficient (Wildman–Crippen LogP) is 5.38. The van der Waals surface area contributed by atoms with Gasteiger partial charge in [-0.05, 0) is 31.0 Å². The predicted molar refractivity (Wildman–Crippen MR) is 69.4 cm³/mol. The van der Waals surface area contributed by atoms with Gasteiger partial charge in [-0.15, -0.1) is 11.8 Å². The van der Waals surface area contributed by atoms with Crippen LogP contribution in [0, 0.1) is 0 Å². The van der Waals surface area contributed by atoms with E-state index in [0.717, 1.165) is 14.7 Å². The van der Waals surface area contributed by atoms with Crippen molar-refractivity contribution in [3.63, 3.8) is 0 Å². The van der Waals surface area contributed by atoms with Crippen LogP contribution >= 0.6 is 39.3 Å². The number of benzene rings is 1. The molecule has 0 spiro atoms. The molecule has 0 N–H and O–H groups in total. The summed E-state index contributed by atoms with van der Waals surface area (Å²) in [6.45, 7) is 4.00. The third-order valence-corrected chi connectivity index (χ3v) is 4.04. The molecule has 0 aromatic heterocycles. The van der Waals surface area contributed by atoms with E-state index < -0.39 is 0 Å². The average molecular weight is 294 g/mol. The van der Waals surface area contributed by atoms with Gasteiger partial charge < -0.3 is 0 Å². The van der Waals surface area contributed by atoms with E-state index in [2.05, 4.69) is 22.0 Å². The SMILES string of the molecule is CC.Clc1cc(Br)ccc1SC1CC1. The Balaban J connectivity index is 0.000000461. The van der Waals surface area contributed by atoms with Gasteiger partial charge in [0.15, 0.2) is 0 Å². The van der Waals surface area contributed by atoms with Crippen molar-refractivity contribution in [2.45, 2.75) is 36.8 Å². The lowest BCUT2D eigenvalue weighted by Gasteiger charge is -2.02. The molecular weight excluding hydrogens is 280 g/mol. The molecule has 1 aromatic rings. The largest absolute Gasteiger partial charge is 0.121 e. The number of thioether (sulfide) groups is 1. The maximum absolute atomic E-state index is 6.05. The van der Waals surface area contributed by atoms with Crippen molar-refractivity contribution in [3.8, 4) is 0 Å². The molecule has 1 aliphatic carbocycles. The first kappa shape index (κ1) is 12.4. The van der Waals surface area contributed by atoms with Crippen molar-refractivity contribution in [3.05, 3.63) is 27.7 Å². The minimum Gasteiger partial charge on any atom is -0.121 e. The van der Waals surface area contributed by atoms with E-state index >= 15 is 0 Å². The van der Waals surface area contributed by atoms with E-state index in [4.69, 9.17) is 11.6 Å². The molecule has 1 fully saturated rings. The highest BCUT2D eigenvalue weighted by atomic mass is 79.9. The Hall–Kier alpha value is 0.340. The van der Waals surface area contributed by atoms with Crippen LogP contribution in [0.2, 0.25) is 5.02 Å². The summed E-state index contributed by atoms with van der Waals surface area (Å²) in [6, 6.07) is 6.07. The van der Waals surface area contributed by atoms with Gasteiger partial charge in [-0.1, -0.05) is 41.4 Å². The van der Waals surface area contributed by atoms with Crippen molar-refractivity contribution in [2.75, 3.05) is 0 Å². The lowest BCUT2D eigenvalue weighted by Crippen LogP contribution is -1.77. The molecule has 1 aliphatic rings. The van der Waals surface area contributed by atoms with Gasteiger partial charge in [0.25, 0.3) is 0 Å². The molecule has 0 atom stereocenters. The van der Waals surface area contributed by atoms with Crippen molar-refractivity contribution in [2.24, 2.45) is 0 Å². The van der Waals surface area contributed by atoms with Crippen molar-refractivity contribution in [1.29, 1.82) is 0 Å². The normalized spacial score (nSPS) is 14.6. The van der Waals surface area contributed by atoms with Crippen molar-refractivity contribution in [1.82, 2.24) is 0 Å². The smallest absolute Gasteiger partial charge is 0.0553 e. The van der Waals surface area contributed by atoms with Gasteiger partial charge in [-0.2, -0.15) is 0 Å². The second-order valence-corrected chi connectivity index (χ2v) is 5.56. The summed E-state index contributed by atoms with van der Waals surface area (Å²) >= 11 is 11.3. The minimum absolute atomic E-state index is 0.823. The van der Waals surface area contributed by atoms with Crippen molar-refractivity contribution >= 4 is 39.3 Å². The molecule has 2 rings (SSSR count). The topological polar surface area (TPSA) is 0 Å². The summed E-state index contributed by atoms with van der Waals surface area (Å²) in [7, 11) is 0. The van der Waals surface area contributed by atoms with E-state index in [9.17, 15) is 0 Å². The van der Waals surface area contributed by atoms with Gasteiger partial charge in [-0.25, -0.2) is 0 Å². The zero-order valence-corrected chi connectivity index (χ0v) is 11.5. The van der Waals surface area contributed by atoms with Gasteiger partial charge in [-0.3, -0.25) is 0 Å². The van der Waals surface area contributed by atoms with Crippen LogP contribution in [0.15, 0.2) is 27.6 Å². The molecule has 0 saturated heterocycles. The van der Waals surface area contributed by atoms with E-state index in [1.807, 2.05) is 37.7 Å². The van der Waals surface area contributed by atoms with Gasteiger partial charge in [0.1, 0.15) is 0 Å². The molecule has 1 saturated carbocycles. The van der Waals surface area contributed by atoms with Crippen LogP contribution in [-0.2, 0) is 0 Å². The number of rotatable bonds is 2. The molecule has 0 amide bonds. The summed E-state index contributed by atoms with van der Waals surface area (Å²) in [5.41, 5.74) is 0.